The maximum atomic E-state index is 13.2. The summed E-state index contributed by atoms with van der Waals surface area (Å²) < 4.78 is 31.2. The maximum absolute atomic E-state index is 13.2. The van der Waals surface area contributed by atoms with Crippen molar-refractivity contribution in [3.05, 3.63) is 48.0 Å². The van der Waals surface area contributed by atoms with Gasteiger partial charge in [0.05, 0.1) is 0 Å². The predicted octanol–water partition coefficient (Wildman–Crippen LogP) is 2.73. The molecule has 2 rings (SSSR count). The van der Waals surface area contributed by atoms with Gasteiger partial charge in [-0.15, -0.1) is 0 Å². The molecule has 0 aliphatic carbocycles. The zero-order valence-electron chi connectivity index (χ0n) is 8.15. The summed E-state index contributed by atoms with van der Waals surface area (Å²) in [6.07, 6.45) is 0. The van der Waals surface area contributed by atoms with Crippen LogP contribution in [0, 0.1) is 11.6 Å². The molecule has 1 aromatic carbocycles. The Morgan fingerprint density at radius 3 is 2.44 bits per heavy atom. The van der Waals surface area contributed by atoms with Crippen LogP contribution in [0.2, 0.25) is 0 Å². The van der Waals surface area contributed by atoms with Crippen LogP contribution in [0.3, 0.4) is 0 Å². The van der Waals surface area contributed by atoms with Crippen molar-refractivity contribution < 1.29 is 13.5 Å². The Hall–Kier alpha value is -2.17. The largest absolute Gasteiger partial charge is 0.436 e. The molecule has 0 aliphatic heterocycles. The molecule has 0 amide bonds. The van der Waals surface area contributed by atoms with Crippen molar-refractivity contribution >= 4 is 5.82 Å². The Morgan fingerprint density at radius 1 is 1.06 bits per heavy atom. The highest BCUT2D eigenvalue weighted by molar-refractivity contribution is 5.36. The lowest BCUT2D eigenvalue weighted by Gasteiger charge is -2.06. The van der Waals surface area contributed by atoms with Crippen LogP contribution in [0.5, 0.6) is 11.6 Å². The molecule has 0 aliphatic rings. The normalized spacial score (nSPS) is 10.1. The molecule has 0 atom stereocenters. The number of halogens is 2. The number of para-hydroxylation sites is 1. The Morgan fingerprint density at radius 2 is 1.75 bits per heavy atom. The summed E-state index contributed by atoms with van der Waals surface area (Å²) in [5, 5.41) is 0. The molecular formula is C11H8F2N2O. The van der Waals surface area contributed by atoms with Gasteiger partial charge in [-0.05, 0) is 12.1 Å². The number of rotatable bonds is 2. The number of pyridine rings is 1. The summed E-state index contributed by atoms with van der Waals surface area (Å²) in [4.78, 5) is 3.47. The summed E-state index contributed by atoms with van der Waals surface area (Å²) in [5.41, 5.74) is 5.21. The minimum Gasteiger partial charge on any atom is -0.436 e. The molecule has 5 heteroatoms. The smallest absolute Gasteiger partial charge is 0.258 e. The van der Waals surface area contributed by atoms with Crippen LogP contribution in [0.4, 0.5) is 14.6 Å². The predicted molar refractivity (Wildman–Crippen MR) is 55.1 cm³/mol. The number of anilines is 1. The zero-order valence-corrected chi connectivity index (χ0v) is 8.15. The highest BCUT2D eigenvalue weighted by Crippen LogP contribution is 2.24. The minimum atomic E-state index is -0.905. The fourth-order valence-electron chi connectivity index (χ4n) is 1.13. The summed E-state index contributed by atoms with van der Waals surface area (Å²) in [6, 6.07) is 9.12. The summed E-state index contributed by atoms with van der Waals surface area (Å²) in [6.45, 7) is 0. The standard InChI is InChI=1S/C11H8F2N2O/c12-8-6-9(13)11(15-10(8)14)16-7-4-2-1-3-5-7/h1-6H,(H2,14,15). The van der Waals surface area contributed by atoms with Crippen molar-refractivity contribution in [2.45, 2.75) is 0 Å². The van der Waals surface area contributed by atoms with Crippen molar-refractivity contribution in [3.63, 3.8) is 0 Å². The van der Waals surface area contributed by atoms with Gasteiger partial charge in [-0.25, -0.2) is 8.78 Å². The van der Waals surface area contributed by atoms with Gasteiger partial charge in [-0.3, -0.25) is 0 Å². The van der Waals surface area contributed by atoms with E-state index < -0.39 is 17.5 Å². The second-order valence-corrected chi connectivity index (χ2v) is 3.06. The third-order valence-corrected chi connectivity index (χ3v) is 1.88. The number of hydrogen-bond donors (Lipinski definition) is 1. The van der Waals surface area contributed by atoms with Crippen molar-refractivity contribution in [3.8, 4) is 11.6 Å². The third kappa shape index (κ3) is 2.08. The quantitative estimate of drug-likeness (QED) is 0.849. The van der Waals surface area contributed by atoms with Crippen LogP contribution in [-0.2, 0) is 0 Å². The number of nitrogen functional groups attached to an aromatic ring is 1. The van der Waals surface area contributed by atoms with Crippen LogP contribution >= 0.6 is 0 Å². The number of benzene rings is 1. The average Bonchev–Trinajstić information content (AvgIpc) is 2.27. The molecule has 3 nitrogen and oxygen atoms in total. The first-order valence-corrected chi connectivity index (χ1v) is 4.51. The lowest BCUT2D eigenvalue weighted by Crippen LogP contribution is -2.00. The molecular weight excluding hydrogens is 214 g/mol. The summed E-state index contributed by atoms with van der Waals surface area (Å²) in [7, 11) is 0. The van der Waals surface area contributed by atoms with E-state index in [-0.39, 0.29) is 5.88 Å². The van der Waals surface area contributed by atoms with Gasteiger partial charge in [-0.2, -0.15) is 4.98 Å². The van der Waals surface area contributed by atoms with Crippen molar-refractivity contribution in [1.29, 1.82) is 0 Å². The van der Waals surface area contributed by atoms with E-state index in [0.717, 1.165) is 0 Å². The van der Waals surface area contributed by atoms with E-state index in [1.165, 1.54) is 0 Å². The fraction of sp³-hybridized carbons (Fsp3) is 0. The van der Waals surface area contributed by atoms with Crippen LogP contribution in [-0.4, -0.2) is 4.98 Å². The van der Waals surface area contributed by atoms with E-state index in [1.54, 1.807) is 30.3 Å². The summed E-state index contributed by atoms with van der Waals surface area (Å²) in [5.74, 6) is -2.13. The van der Waals surface area contributed by atoms with E-state index in [9.17, 15) is 8.78 Å². The first-order valence-electron chi connectivity index (χ1n) is 4.51. The van der Waals surface area contributed by atoms with Crippen LogP contribution in [0.25, 0.3) is 0 Å². The van der Waals surface area contributed by atoms with Gasteiger partial charge in [0.2, 0.25) is 0 Å². The van der Waals surface area contributed by atoms with Gasteiger partial charge >= 0.3 is 0 Å². The van der Waals surface area contributed by atoms with Gasteiger partial charge in [0.15, 0.2) is 17.5 Å². The highest BCUT2D eigenvalue weighted by atomic mass is 19.1. The molecule has 0 saturated heterocycles. The molecule has 2 N–H and O–H groups in total. The third-order valence-electron chi connectivity index (χ3n) is 1.88. The Balaban J connectivity index is 2.32. The molecule has 1 aromatic heterocycles. The molecule has 16 heavy (non-hydrogen) atoms. The molecule has 2 aromatic rings. The Labute approximate surface area is 90.5 Å². The Kier molecular flexibility index (Phi) is 2.68. The SMILES string of the molecule is Nc1nc(Oc2ccccc2)c(F)cc1F. The fourth-order valence-corrected chi connectivity index (χ4v) is 1.13. The Bertz CT molecular complexity index is 503. The first-order chi connectivity index (χ1) is 7.66. The number of nitrogens with zero attached hydrogens (tertiary/aromatic N) is 1. The van der Waals surface area contributed by atoms with Crippen LogP contribution in [0.15, 0.2) is 36.4 Å². The zero-order chi connectivity index (χ0) is 11.5. The number of aromatic nitrogens is 1. The second kappa shape index (κ2) is 4.14. The van der Waals surface area contributed by atoms with Crippen molar-refractivity contribution in [1.82, 2.24) is 4.98 Å². The highest BCUT2D eigenvalue weighted by Gasteiger charge is 2.11. The molecule has 1 heterocycles. The van der Waals surface area contributed by atoms with Crippen LogP contribution in [0.1, 0.15) is 0 Å². The number of ether oxygens (including phenoxy) is 1. The molecule has 0 spiro atoms. The number of nitrogens with two attached hydrogens (primary N) is 1. The molecule has 0 unspecified atom stereocenters. The van der Waals surface area contributed by atoms with Crippen LogP contribution < -0.4 is 10.5 Å². The summed E-state index contributed by atoms with van der Waals surface area (Å²) >= 11 is 0. The van der Waals surface area contributed by atoms with E-state index in [0.29, 0.717) is 11.8 Å². The number of hydrogen-bond acceptors (Lipinski definition) is 3. The molecule has 0 saturated carbocycles. The monoisotopic (exact) mass is 222 g/mol. The minimum absolute atomic E-state index is 0.342. The van der Waals surface area contributed by atoms with E-state index in [2.05, 4.69) is 4.98 Å². The average molecular weight is 222 g/mol. The lowest BCUT2D eigenvalue weighted by molar-refractivity contribution is 0.418. The molecule has 0 bridgehead atoms. The second-order valence-electron chi connectivity index (χ2n) is 3.06. The van der Waals surface area contributed by atoms with Gasteiger partial charge in [0, 0.05) is 6.07 Å². The molecule has 0 fully saturated rings. The maximum Gasteiger partial charge on any atom is 0.258 e. The molecule has 0 radical (unpaired) electrons. The van der Waals surface area contributed by atoms with Crippen molar-refractivity contribution in [2.24, 2.45) is 0 Å². The topological polar surface area (TPSA) is 48.1 Å². The van der Waals surface area contributed by atoms with Gasteiger partial charge in [0.25, 0.3) is 5.88 Å². The van der Waals surface area contributed by atoms with Gasteiger partial charge in [-0.1, -0.05) is 18.2 Å². The van der Waals surface area contributed by atoms with E-state index in [1.807, 2.05) is 0 Å². The molecule has 82 valence electrons. The lowest BCUT2D eigenvalue weighted by atomic mass is 10.3. The first kappa shape index (κ1) is 10.4. The van der Waals surface area contributed by atoms with E-state index in [4.69, 9.17) is 10.5 Å². The van der Waals surface area contributed by atoms with E-state index >= 15 is 0 Å². The van der Waals surface area contributed by atoms with Crippen molar-refractivity contribution in [2.75, 3.05) is 5.73 Å². The van der Waals surface area contributed by atoms with Gasteiger partial charge < -0.3 is 10.5 Å². The van der Waals surface area contributed by atoms with Gasteiger partial charge in [0.1, 0.15) is 5.75 Å².